The molecule has 7 nitrogen and oxygen atoms in total. The van der Waals surface area contributed by atoms with E-state index in [1.54, 1.807) is 0 Å². The summed E-state index contributed by atoms with van der Waals surface area (Å²) in [4.78, 5) is 13.2. The van der Waals surface area contributed by atoms with Gasteiger partial charge < -0.3 is 20.4 Å². The number of nitrogens with one attached hydrogen (secondary N) is 1. The van der Waals surface area contributed by atoms with Crippen LogP contribution >= 0.6 is 0 Å². The van der Waals surface area contributed by atoms with Gasteiger partial charge in [0.2, 0.25) is 11.8 Å². The van der Waals surface area contributed by atoms with Crippen LogP contribution in [0.3, 0.4) is 0 Å². The Bertz CT molecular complexity index is 466. The van der Waals surface area contributed by atoms with E-state index in [0.717, 1.165) is 19.4 Å². The molecule has 0 bridgehead atoms. The highest BCUT2D eigenvalue weighted by molar-refractivity contribution is 5.77. The zero-order valence-electron chi connectivity index (χ0n) is 12.3. The molecule has 3 N–H and O–H groups in total. The first-order chi connectivity index (χ1) is 9.35. The minimum atomic E-state index is -0.260. The summed E-state index contributed by atoms with van der Waals surface area (Å²) in [6.07, 6.45) is 1.74. The molecular formula is C13H23N5O2. The van der Waals surface area contributed by atoms with Crippen LogP contribution < -0.4 is 16.0 Å². The molecule has 112 valence electrons. The Hall–Kier alpha value is -1.63. The molecule has 1 atom stereocenters. The minimum absolute atomic E-state index is 0.00315. The number of nitrogens with two attached hydrogens (primary N) is 1. The fourth-order valence-corrected chi connectivity index (χ4v) is 2.17. The highest BCUT2D eigenvalue weighted by atomic mass is 16.4. The average Bonchev–Trinajstić information content (AvgIpc) is 2.84. The van der Waals surface area contributed by atoms with Gasteiger partial charge in [-0.1, -0.05) is 5.10 Å². The van der Waals surface area contributed by atoms with Crippen LogP contribution in [0.1, 0.15) is 39.5 Å². The van der Waals surface area contributed by atoms with Crippen molar-refractivity contribution in [1.29, 1.82) is 0 Å². The summed E-state index contributed by atoms with van der Waals surface area (Å²) in [5.74, 6) is 0.159. The lowest BCUT2D eigenvalue weighted by atomic mass is 9.98. The number of hydrogen-bond acceptors (Lipinski definition) is 6. The van der Waals surface area contributed by atoms with Gasteiger partial charge >= 0.3 is 6.01 Å². The second-order valence-corrected chi connectivity index (χ2v) is 6.27. The Morgan fingerprint density at radius 1 is 1.50 bits per heavy atom. The van der Waals surface area contributed by atoms with Gasteiger partial charge in [-0.15, -0.1) is 5.10 Å². The molecule has 1 aliphatic heterocycles. The van der Waals surface area contributed by atoms with Crippen molar-refractivity contribution in [2.24, 2.45) is 11.7 Å². The number of nitrogens with zero attached hydrogens (tertiary/aromatic N) is 3. The van der Waals surface area contributed by atoms with E-state index in [9.17, 15) is 4.79 Å². The number of aromatic nitrogens is 2. The molecular weight excluding hydrogens is 258 g/mol. The van der Waals surface area contributed by atoms with Gasteiger partial charge in [0.15, 0.2) is 0 Å². The van der Waals surface area contributed by atoms with Gasteiger partial charge in [-0.05, 0) is 33.6 Å². The molecule has 0 radical (unpaired) electrons. The van der Waals surface area contributed by atoms with E-state index in [1.165, 1.54) is 0 Å². The molecule has 20 heavy (non-hydrogen) atoms. The van der Waals surface area contributed by atoms with Crippen molar-refractivity contribution in [1.82, 2.24) is 15.5 Å². The second kappa shape index (κ2) is 5.78. The molecule has 1 fully saturated rings. The molecule has 1 aromatic rings. The molecule has 1 saturated heterocycles. The molecule has 2 heterocycles. The van der Waals surface area contributed by atoms with Gasteiger partial charge in [0, 0.05) is 18.6 Å². The van der Waals surface area contributed by atoms with Crippen molar-refractivity contribution in [2.75, 3.05) is 18.0 Å². The summed E-state index contributed by atoms with van der Waals surface area (Å²) >= 11 is 0. The van der Waals surface area contributed by atoms with E-state index < -0.39 is 0 Å². The normalized spacial score (nSPS) is 20.1. The third kappa shape index (κ3) is 3.93. The number of primary amides is 1. The first kappa shape index (κ1) is 14.8. The number of rotatable bonds is 4. The molecule has 0 aromatic carbocycles. The van der Waals surface area contributed by atoms with Crippen molar-refractivity contribution in [3.05, 3.63) is 5.89 Å². The van der Waals surface area contributed by atoms with Crippen LogP contribution in [0.5, 0.6) is 0 Å². The zero-order chi connectivity index (χ0) is 14.8. The Morgan fingerprint density at radius 2 is 2.25 bits per heavy atom. The molecule has 1 aliphatic rings. The van der Waals surface area contributed by atoms with Gasteiger partial charge in [-0.3, -0.25) is 4.79 Å². The molecule has 0 aliphatic carbocycles. The number of piperidine rings is 1. The first-order valence-electron chi connectivity index (χ1n) is 6.97. The minimum Gasteiger partial charge on any atom is -0.407 e. The molecule has 0 spiro atoms. The van der Waals surface area contributed by atoms with Crippen LogP contribution in [0.2, 0.25) is 0 Å². The topological polar surface area (TPSA) is 97.3 Å². The van der Waals surface area contributed by atoms with Crippen LogP contribution in [-0.2, 0) is 11.3 Å². The maximum absolute atomic E-state index is 11.3. The van der Waals surface area contributed by atoms with Crippen LogP contribution in [0.15, 0.2) is 4.42 Å². The molecule has 7 heteroatoms. The summed E-state index contributed by atoms with van der Waals surface area (Å²) in [5, 5.41) is 11.4. The Balaban J connectivity index is 1.96. The summed E-state index contributed by atoms with van der Waals surface area (Å²) in [6.45, 7) is 8.14. The highest BCUT2D eigenvalue weighted by Crippen LogP contribution is 2.22. The van der Waals surface area contributed by atoms with Crippen molar-refractivity contribution in [3.8, 4) is 0 Å². The third-order valence-corrected chi connectivity index (χ3v) is 3.32. The predicted octanol–water partition coefficient (Wildman–Crippen LogP) is 0.659. The Kier molecular flexibility index (Phi) is 4.27. The molecule has 2 rings (SSSR count). The maximum atomic E-state index is 11.3. The van der Waals surface area contributed by atoms with Crippen LogP contribution in [0.4, 0.5) is 6.01 Å². The fraction of sp³-hybridized carbons (Fsp3) is 0.769. The van der Waals surface area contributed by atoms with Crippen molar-refractivity contribution < 1.29 is 9.21 Å². The molecule has 1 aromatic heterocycles. The van der Waals surface area contributed by atoms with E-state index >= 15 is 0 Å². The Morgan fingerprint density at radius 3 is 2.90 bits per heavy atom. The van der Waals surface area contributed by atoms with E-state index in [4.69, 9.17) is 10.2 Å². The molecule has 0 saturated carbocycles. The van der Waals surface area contributed by atoms with Gasteiger partial charge in [0.05, 0.1) is 12.5 Å². The number of amides is 1. The largest absolute Gasteiger partial charge is 0.407 e. The monoisotopic (exact) mass is 281 g/mol. The van der Waals surface area contributed by atoms with Crippen molar-refractivity contribution >= 4 is 11.9 Å². The number of carbonyl (C=O) groups excluding carboxylic acids is 1. The number of carbonyl (C=O) groups is 1. The summed E-state index contributed by atoms with van der Waals surface area (Å²) in [5.41, 5.74) is 5.36. The number of anilines is 1. The lowest BCUT2D eigenvalue weighted by Crippen LogP contribution is -2.41. The van der Waals surface area contributed by atoms with Crippen LogP contribution in [-0.4, -0.2) is 34.7 Å². The van der Waals surface area contributed by atoms with E-state index in [1.807, 2.05) is 4.90 Å². The van der Waals surface area contributed by atoms with Gasteiger partial charge in [-0.2, -0.15) is 0 Å². The lowest BCUT2D eigenvalue weighted by molar-refractivity contribution is -0.122. The zero-order valence-corrected chi connectivity index (χ0v) is 12.3. The van der Waals surface area contributed by atoms with E-state index in [-0.39, 0.29) is 17.4 Å². The van der Waals surface area contributed by atoms with Gasteiger partial charge in [0.25, 0.3) is 0 Å². The fourth-order valence-electron chi connectivity index (χ4n) is 2.17. The average molecular weight is 281 g/mol. The van der Waals surface area contributed by atoms with E-state index in [2.05, 4.69) is 36.3 Å². The van der Waals surface area contributed by atoms with Crippen LogP contribution in [0.25, 0.3) is 0 Å². The van der Waals surface area contributed by atoms with Crippen molar-refractivity contribution in [3.63, 3.8) is 0 Å². The molecule has 1 amide bonds. The third-order valence-electron chi connectivity index (χ3n) is 3.32. The lowest BCUT2D eigenvalue weighted by Gasteiger charge is -2.29. The van der Waals surface area contributed by atoms with Gasteiger partial charge in [-0.25, -0.2) is 0 Å². The maximum Gasteiger partial charge on any atom is 0.318 e. The number of hydrogen-bond donors (Lipinski definition) is 2. The van der Waals surface area contributed by atoms with Crippen molar-refractivity contribution in [2.45, 2.75) is 45.7 Å². The summed E-state index contributed by atoms with van der Waals surface area (Å²) < 4.78 is 5.64. The smallest absolute Gasteiger partial charge is 0.318 e. The standard InChI is InChI=1S/C13H23N5O2/c1-13(2,3)15-7-10-16-17-12(20-10)18-6-4-5-9(8-18)11(14)19/h9,15H,4-8H2,1-3H3,(H2,14,19). The van der Waals surface area contributed by atoms with Gasteiger partial charge in [0.1, 0.15) is 0 Å². The van der Waals surface area contributed by atoms with Crippen LogP contribution in [0, 0.1) is 5.92 Å². The summed E-state index contributed by atoms with van der Waals surface area (Å²) in [6, 6.07) is 0.474. The second-order valence-electron chi connectivity index (χ2n) is 6.27. The Labute approximate surface area is 118 Å². The summed E-state index contributed by atoms with van der Waals surface area (Å²) in [7, 11) is 0. The SMILES string of the molecule is CC(C)(C)NCc1nnc(N2CCCC(C(N)=O)C2)o1. The first-order valence-corrected chi connectivity index (χ1v) is 6.97. The molecule has 1 unspecified atom stereocenters. The predicted molar refractivity (Wildman–Crippen MR) is 75.0 cm³/mol. The quantitative estimate of drug-likeness (QED) is 0.841. The van der Waals surface area contributed by atoms with E-state index in [0.29, 0.717) is 25.0 Å². The highest BCUT2D eigenvalue weighted by Gasteiger charge is 2.27.